The van der Waals surface area contributed by atoms with E-state index in [1.807, 2.05) is 12.1 Å². The quantitative estimate of drug-likeness (QED) is 0.868. The molecule has 1 saturated carbocycles. The van der Waals surface area contributed by atoms with Gasteiger partial charge < -0.3 is 5.32 Å². The minimum atomic E-state index is 0.283. The summed E-state index contributed by atoms with van der Waals surface area (Å²) in [7, 11) is 0. The van der Waals surface area contributed by atoms with Crippen LogP contribution in [0.15, 0.2) is 12.1 Å². The van der Waals surface area contributed by atoms with Crippen LogP contribution in [-0.2, 0) is 0 Å². The van der Waals surface area contributed by atoms with E-state index in [2.05, 4.69) is 17.2 Å². The van der Waals surface area contributed by atoms with Crippen molar-refractivity contribution in [3.8, 4) is 6.07 Å². The monoisotopic (exact) mass is 249 g/mol. The van der Waals surface area contributed by atoms with Crippen molar-refractivity contribution in [1.82, 2.24) is 4.98 Å². The number of rotatable bonds is 5. The molecule has 0 aliphatic heterocycles. The van der Waals surface area contributed by atoms with Crippen molar-refractivity contribution < 1.29 is 0 Å². The van der Waals surface area contributed by atoms with Crippen molar-refractivity contribution in [3.63, 3.8) is 0 Å². The summed E-state index contributed by atoms with van der Waals surface area (Å²) in [5.41, 5.74) is 0.283. The minimum absolute atomic E-state index is 0.283. The van der Waals surface area contributed by atoms with Gasteiger partial charge >= 0.3 is 0 Å². The van der Waals surface area contributed by atoms with Crippen LogP contribution in [0.3, 0.4) is 0 Å². The Bertz CT molecular complexity index is 435. The van der Waals surface area contributed by atoms with Crippen LogP contribution in [0.4, 0.5) is 5.82 Å². The lowest BCUT2D eigenvalue weighted by molar-refractivity contribution is 0.609. The maximum Gasteiger partial charge on any atom is 0.161 e. The Morgan fingerprint density at radius 2 is 2.35 bits per heavy atom. The van der Waals surface area contributed by atoms with E-state index in [9.17, 15) is 0 Å². The Morgan fingerprint density at radius 3 is 3.00 bits per heavy atom. The van der Waals surface area contributed by atoms with Crippen molar-refractivity contribution in [3.05, 3.63) is 22.8 Å². The van der Waals surface area contributed by atoms with Gasteiger partial charge in [-0.15, -0.1) is 0 Å². The molecule has 1 fully saturated rings. The highest BCUT2D eigenvalue weighted by molar-refractivity contribution is 6.31. The predicted octanol–water partition coefficient (Wildman–Crippen LogP) is 3.60. The van der Waals surface area contributed by atoms with Crippen LogP contribution in [0.5, 0.6) is 0 Å². The molecule has 1 aromatic heterocycles. The molecule has 1 aromatic rings. The molecular weight excluding hydrogens is 234 g/mol. The van der Waals surface area contributed by atoms with Crippen molar-refractivity contribution in [1.29, 1.82) is 5.26 Å². The van der Waals surface area contributed by atoms with E-state index in [0.717, 1.165) is 18.2 Å². The fourth-order valence-corrected chi connectivity index (χ4v) is 1.97. The molecule has 1 atom stereocenters. The van der Waals surface area contributed by atoms with Crippen molar-refractivity contribution in [2.45, 2.75) is 38.6 Å². The molecule has 0 radical (unpaired) electrons. The van der Waals surface area contributed by atoms with Gasteiger partial charge in [0, 0.05) is 6.04 Å². The highest BCUT2D eigenvalue weighted by atomic mass is 35.5. The van der Waals surface area contributed by atoms with Gasteiger partial charge in [0.05, 0.1) is 5.02 Å². The Balaban J connectivity index is 1.90. The van der Waals surface area contributed by atoms with Crippen LogP contribution < -0.4 is 5.32 Å². The van der Waals surface area contributed by atoms with Crippen LogP contribution in [0.1, 0.15) is 38.3 Å². The van der Waals surface area contributed by atoms with Crippen LogP contribution in [0.25, 0.3) is 0 Å². The van der Waals surface area contributed by atoms with Crippen LogP contribution in [0.2, 0.25) is 5.02 Å². The number of nitrogens with one attached hydrogen (secondary N) is 1. The van der Waals surface area contributed by atoms with Gasteiger partial charge in [-0.3, -0.25) is 0 Å². The Morgan fingerprint density at radius 1 is 1.59 bits per heavy atom. The second kappa shape index (κ2) is 5.37. The zero-order chi connectivity index (χ0) is 12.3. The first kappa shape index (κ1) is 12.2. The largest absolute Gasteiger partial charge is 0.368 e. The second-order valence-electron chi connectivity index (χ2n) is 4.70. The molecule has 17 heavy (non-hydrogen) atoms. The number of nitrogens with zero attached hydrogens (tertiary/aromatic N) is 2. The molecule has 2 rings (SSSR count). The third-order valence-corrected chi connectivity index (χ3v) is 3.36. The van der Waals surface area contributed by atoms with Crippen LogP contribution >= 0.6 is 11.6 Å². The summed E-state index contributed by atoms with van der Waals surface area (Å²) in [6.07, 6.45) is 5.22. The van der Waals surface area contributed by atoms with Crippen LogP contribution in [-0.4, -0.2) is 11.0 Å². The highest BCUT2D eigenvalue weighted by Gasteiger charge is 2.21. The lowest BCUT2D eigenvalue weighted by atomic mass is 10.1. The molecule has 0 bridgehead atoms. The minimum Gasteiger partial charge on any atom is -0.368 e. The summed E-state index contributed by atoms with van der Waals surface area (Å²) < 4.78 is 0. The van der Waals surface area contributed by atoms with Crippen molar-refractivity contribution in [2.75, 3.05) is 5.32 Å². The third kappa shape index (κ3) is 3.61. The molecular formula is C13H16ClN3. The lowest BCUT2D eigenvalue weighted by Gasteiger charge is -2.14. The summed E-state index contributed by atoms with van der Waals surface area (Å²) in [4.78, 5) is 4.17. The molecule has 1 heterocycles. The highest BCUT2D eigenvalue weighted by Crippen LogP contribution is 2.34. The van der Waals surface area contributed by atoms with Crippen LogP contribution in [0, 0.1) is 17.2 Å². The first-order valence-electron chi connectivity index (χ1n) is 6.02. The van der Waals surface area contributed by atoms with Gasteiger partial charge in [-0.25, -0.2) is 4.98 Å². The smallest absolute Gasteiger partial charge is 0.161 e. The van der Waals surface area contributed by atoms with E-state index >= 15 is 0 Å². The Hall–Kier alpha value is -1.27. The molecule has 1 aliphatic rings. The maximum atomic E-state index is 8.84. The van der Waals surface area contributed by atoms with Gasteiger partial charge in [-0.05, 0) is 37.8 Å². The Kier molecular flexibility index (Phi) is 3.86. The third-order valence-electron chi connectivity index (χ3n) is 3.05. The average Bonchev–Trinajstić information content (AvgIpc) is 3.13. The first-order chi connectivity index (χ1) is 8.19. The number of hydrogen-bond donors (Lipinski definition) is 1. The topological polar surface area (TPSA) is 48.7 Å². The van der Waals surface area contributed by atoms with Gasteiger partial charge in [-0.2, -0.15) is 5.26 Å². The molecule has 1 unspecified atom stereocenters. The molecule has 1 aliphatic carbocycles. The maximum absolute atomic E-state index is 8.84. The summed E-state index contributed by atoms with van der Waals surface area (Å²) in [5, 5.41) is 12.5. The van der Waals surface area contributed by atoms with E-state index in [0.29, 0.717) is 11.1 Å². The molecule has 90 valence electrons. The summed E-state index contributed by atoms with van der Waals surface area (Å²) in [6, 6.07) is 5.90. The molecule has 0 spiro atoms. The molecule has 1 N–H and O–H groups in total. The predicted molar refractivity (Wildman–Crippen MR) is 69.0 cm³/mol. The number of anilines is 1. The molecule has 3 nitrogen and oxygen atoms in total. The standard InChI is InChI=1S/C13H16ClN3/c1-9(2-3-10-4-5-10)16-13-7-6-11(14)12(8-15)17-13/h6-7,9-10H,2-5H2,1H3,(H,16,17). The lowest BCUT2D eigenvalue weighted by Crippen LogP contribution is -2.16. The van der Waals surface area contributed by atoms with Crippen molar-refractivity contribution in [2.24, 2.45) is 5.92 Å². The summed E-state index contributed by atoms with van der Waals surface area (Å²) in [5.74, 6) is 1.68. The second-order valence-corrected chi connectivity index (χ2v) is 5.11. The zero-order valence-corrected chi connectivity index (χ0v) is 10.7. The fourth-order valence-electron chi connectivity index (χ4n) is 1.82. The normalized spacial score (nSPS) is 16.3. The molecule has 4 heteroatoms. The van der Waals surface area contributed by atoms with Crippen molar-refractivity contribution >= 4 is 17.4 Å². The van der Waals surface area contributed by atoms with E-state index < -0.39 is 0 Å². The summed E-state index contributed by atoms with van der Waals surface area (Å²) >= 11 is 5.83. The van der Waals surface area contributed by atoms with E-state index in [1.54, 1.807) is 6.07 Å². The van der Waals surface area contributed by atoms with Gasteiger partial charge in [0.15, 0.2) is 5.69 Å². The van der Waals surface area contributed by atoms with Gasteiger partial charge in [0.1, 0.15) is 11.9 Å². The van der Waals surface area contributed by atoms with E-state index in [4.69, 9.17) is 16.9 Å². The van der Waals surface area contributed by atoms with Gasteiger partial charge in [0.2, 0.25) is 0 Å². The van der Waals surface area contributed by atoms with Gasteiger partial charge in [-0.1, -0.05) is 24.4 Å². The number of halogens is 1. The average molecular weight is 250 g/mol. The zero-order valence-electron chi connectivity index (χ0n) is 9.91. The summed E-state index contributed by atoms with van der Waals surface area (Å²) in [6.45, 7) is 2.14. The van der Waals surface area contributed by atoms with E-state index in [1.165, 1.54) is 19.3 Å². The molecule has 0 amide bonds. The molecule has 0 aromatic carbocycles. The fraction of sp³-hybridized carbons (Fsp3) is 0.538. The number of aromatic nitrogens is 1. The Labute approximate surface area is 107 Å². The number of pyridine rings is 1. The van der Waals surface area contributed by atoms with Gasteiger partial charge in [0.25, 0.3) is 0 Å². The first-order valence-corrected chi connectivity index (χ1v) is 6.40. The SMILES string of the molecule is CC(CCC1CC1)Nc1ccc(Cl)c(C#N)n1. The molecule has 0 saturated heterocycles. The van der Waals surface area contributed by atoms with E-state index in [-0.39, 0.29) is 5.69 Å². The number of nitriles is 1. The number of hydrogen-bond acceptors (Lipinski definition) is 3.